The van der Waals surface area contributed by atoms with Gasteiger partial charge >= 0.3 is 0 Å². The van der Waals surface area contributed by atoms with E-state index in [1.165, 1.54) is 0 Å². The number of ether oxygens (including phenoxy) is 1. The van der Waals surface area contributed by atoms with E-state index in [2.05, 4.69) is 15.3 Å². The molecule has 5 nitrogen and oxygen atoms in total. The Morgan fingerprint density at radius 1 is 1.28 bits per heavy atom. The second-order valence-corrected chi connectivity index (χ2v) is 4.13. The van der Waals surface area contributed by atoms with Crippen LogP contribution in [0.5, 0.6) is 0 Å². The minimum absolute atomic E-state index is 0.0121. The van der Waals surface area contributed by atoms with Gasteiger partial charge in [-0.2, -0.15) is 0 Å². The summed E-state index contributed by atoms with van der Waals surface area (Å²) in [6.07, 6.45) is 0. The van der Waals surface area contributed by atoms with Crippen molar-refractivity contribution in [1.82, 2.24) is 9.97 Å². The number of hydrogen-bond acceptors (Lipinski definition) is 5. The van der Waals surface area contributed by atoms with E-state index in [1.54, 1.807) is 7.11 Å². The van der Waals surface area contributed by atoms with Crippen molar-refractivity contribution in [1.29, 1.82) is 0 Å². The van der Waals surface area contributed by atoms with E-state index in [0.717, 1.165) is 16.7 Å². The Kier molecular flexibility index (Phi) is 4.07. The van der Waals surface area contributed by atoms with Gasteiger partial charge in [-0.25, -0.2) is 9.97 Å². The molecule has 2 N–H and O–H groups in total. The smallest absolute Gasteiger partial charge is 0.148 e. The van der Waals surface area contributed by atoms with Gasteiger partial charge < -0.3 is 15.2 Å². The summed E-state index contributed by atoms with van der Waals surface area (Å²) in [5.74, 6) is 0.685. The van der Waals surface area contributed by atoms with Gasteiger partial charge in [-0.3, -0.25) is 0 Å². The number of benzene rings is 1. The van der Waals surface area contributed by atoms with Crippen LogP contribution >= 0.6 is 0 Å². The zero-order valence-electron chi connectivity index (χ0n) is 10.6. The highest BCUT2D eigenvalue weighted by Crippen LogP contribution is 2.16. The molecule has 1 heterocycles. The van der Waals surface area contributed by atoms with Gasteiger partial charge in [0.1, 0.15) is 5.82 Å². The molecule has 0 radical (unpaired) electrons. The van der Waals surface area contributed by atoms with Crippen molar-refractivity contribution >= 4 is 16.9 Å². The fourth-order valence-electron chi connectivity index (χ4n) is 1.76. The van der Waals surface area contributed by atoms with Crippen LogP contribution < -0.4 is 5.32 Å². The van der Waals surface area contributed by atoms with Crippen molar-refractivity contribution < 1.29 is 9.84 Å². The van der Waals surface area contributed by atoms with E-state index in [-0.39, 0.29) is 12.6 Å². The Balaban J connectivity index is 2.29. The third kappa shape index (κ3) is 2.75. The second kappa shape index (κ2) is 5.75. The number of nitrogens with one attached hydrogen (secondary N) is 1. The lowest BCUT2D eigenvalue weighted by Crippen LogP contribution is -2.29. The quantitative estimate of drug-likeness (QED) is 0.835. The number of methoxy groups -OCH3 is 1. The van der Waals surface area contributed by atoms with Crippen LogP contribution in [0.3, 0.4) is 0 Å². The Bertz CT molecular complexity index is 531. The zero-order chi connectivity index (χ0) is 13.0. The van der Waals surface area contributed by atoms with E-state index >= 15 is 0 Å². The Morgan fingerprint density at radius 2 is 1.94 bits per heavy atom. The van der Waals surface area contributed by atoms with E-state index in [9.17, 15) is 5.11 Å². The van der Waals surface area contributed by atoms with Gasteiger partial charge in [-0.1, -0.05) is 12.1 Å². The molecular weight excluding hydrogens is 230 g/mol. The van der Waals surface area contributed by atoms with Gasteiger partial charge in [0.25, 0.3) is 0 Å². The lowest BCUT2D eigenvalue weighted by molar-refractivity contribution is 0.153. The standard InChI is InChI=1S/C13H17N3O2/c1-9-13(15-10(7-17)8-18-2)16-12-6-4-3-5-11(12)14-9/h3-6,10,17H,7-8H2,1-2H3,(H,15,16). The molecule has 18 heavy (non-hydrogen) atoms. The molecule has 0 aliphatic rings. The molecule has 1 atom stereocenters. The first-order valence-corrected chi connectivity index (χ1v) is 5.84. The molecule has 1 aromatic carbocycles. The molecule has 1 aromatic heterocycles. The van der Waals surface area contributed by atoms with Crippen molar-refractivity contribution in [2.24, 2.45) is 0 Å². The first kappa shape index (κ1) is 12.7. The van der Waals surface area contributed by atoms with Gasteiger partial charge in [0.15, 0.2) is 0 Å². The van der Waals surface area contributed by atoms with Crippen LogP contribution in [0.2, 0.25) is 0 Å². The number of aromatic nitrogens is 2. The Morgan fingerprint density at radius 3 is 2.56 bits per heavy atom. The average Bonchev–Trinajstić information content (AvgIpc) is 2.39. The molecule has 96 valence electrons. The summed E-state index contributed by atoms with van der Waals surface area (Å²) in [4.78, 5) is 8.98. The molecule has 5 heteroatoms. The van der Waals surface area contributed by atoms with Crippen LogP contribution in [0.15, 0.2) is 24.3 Å². The number of aliphatic hydroxyl groups is 1. The number of para-hydroxylation sites is 2. The average molecular weight is 247 g/mol. The minimum Gasteiger partial charge on any atom is -0.394 e. The maximum atomic E-state index is 9.23. The molecule has 0 aliphatic carbocycles. The Labute approximate surface area is 106 Å². The number of anilines is 1. The molecule has 0 spiro atoms. The van der Waals surface area contributed by atoms with Crippen LogP contribution in [-0.2, 0) is 4.74 Å². The topological polar surface area (TPSA) is 67.3 Å². The second-order valence-electron chi connectivity index (χ2n) is 4.13. The van der Waals surface area contributed by atoms with Crippen molar-refractivity contribution in [3.63, 3.8) is 0 Å². The lowest BCUT2D eigenvalue weighted by atomic mass is 10.2. The predicted octanol–water partition coefficient (Wildman–Crippen LogP) is 1.36. The molecule has 0 saturated carbocycles. The number of hydrogen-bond donors (Lipinski definition) is 2. The molecule has 1 unspecified atom stereocenters. The molecule has 2 rings (SSSR count). The molecule has 0 saturated heterocycles. The first-order chi connectivity index (χ1) is 8.74. The van der Waals surface area contributed by atoms with E-state index in [0.29, 0.717) is 12.4 Å². The number of nitrogens with zero attached hydrogens (tertiary/aromatic N) is 2. The molecule has 0 bridgehead atoms. The van der Waals surface area contributed by atoms with Gasteiger partial charge in [0, 0.05) is 7.11 Å². The van der Waals surface area contributed by atoms with Crippen LogP contribution in [0.1, 0.15) is 5.69 Å². The van der Waals surface area contributed by atoms with Crippen LogP contribution in [0.25, 0.3) is 11.0 Å². The summed E-state index contributed by atoms with van der Waals surface area (Å²) >= 11 is 0. The SMILES string of the molecule is COCC(CO)Nc1nc2ccccc2nc1C. The van der Waals surface area contributed by atoms with Crippen LogP contribution in [0.4, 0.5) is 5.82 Å². The molecule has 0 fully saturated rings. The van der Waals surface area contributed by atoms with E-state index in [1.807, 2.05) is 31.2 Å². The van der Waals surface area contributed by atoms with E-state index in [4.69, 9.17) is 4.74 Å². The Hall–Kier alpha value is -1.72. The molecule has 2 aromatic rings. The van der Waals surface area contributed by atoms with Crippen molar-refractivity contribution in [2.75, 3.05) is 25.6 Å². The van der Waals surface area contributed by atoms with Crippen LogP contribution in [-0.4, -0.2) is 41.4 Å². The third-order valence-electron chi connectivity index (χ3n) is 2.67. The highest BCUT2D eigenvalue weighted by Gasteiger charge is 2.11. The normalized spacial score (nSPS) is 12.6. The molecular formula is C13H17N3O2. The zero-order valence-corrected chi connectivity index (χ0v) is 10.6. The van der Waals surface area contributed by atoms with Gasteiger partial charge in [0.05, 0.1) is 36.0 Å². The van der Waals surface area contributed by atoms with E-state index < -0.39 is 0 Å². The third-order valence-corrected chi connectivity index (χ3v) is 2.67. The molecule has 0 aliphatic heterocycles. The highest BCUT2D eigenvalue weighted by molar-refractivity contribution is 5.76. The first-order valence-electron chi connectivity index (χ1n) is 5.84. The fourth-order valence-corrected chi connectivity index (χ4v) is 1.76. The van der Waals surface area contributed by atoms with Crippen molar-refractivity contribution in [3.05, 3.63) is 30.0 Å². The maximum absolute atomic E-state index is 9.23. The van der Waals surface area contributed by atoms with Crippen molar-refractivity contribution in [2.45, 2.75) is 13.0 Å². The largest absolute Gasteiger partial charge is 0.394 e. The maximum Gasteiger partial charge on any atom is 0.148 e. The number of fused-ring (bicyclic) bond motifs is 1. The van der Waals surface area contributed by atoms with Crippen LogP contribution in [0, 0.1) is 6.92 Å². The summed E-state index contributed by atoms with van der Waals surface area (Å²) < 4.78 is 5.02. The highest BCUT2D eigenvalue weighted by atomic mass is 16.5. The lowest BCUT2D eigenvalue weighted by Gasteiger charge is -2.17. The summed E-state index contributed by atoms with van der Waals surface area (Å²) in [5, 5.41) is 12.4. The van der Waals surface area contributed by atoms with Gasteiger partial charge in [-0.05, 0) is 19.1 Å². The number of rotatable bonds is 5. The van der Waals surface area contributed by atoms with Crippen molar-refractivity contribution in [3.8, 4) is 0 Å². The summed E-state index contributed by atoms with van der Waals surface area (Å²) in [6.45, 7) is 2.30. The van der Waals surface area contributed by atoms with Gasteiger partial charge in [-0.15, -0.1) is 0 Å². The fraction of sp³-hybridized carbons (Fsp3) is 0.385. The summed E-state index contributed by atoms with van der Waals surface area (Å²) in [5.41, 5.74) is 2.51. The summed E-state index contributed by atoms with van der Waals surface area (Å²) in [7, 11) is 1.60. The molecule has 0 amide bonds. The number of aryl methyl sites for hydroxylation is 1. The predicted molar refractivity (Wildman–Crippen MR) is 70.6 cm³/mol. The summed E-state index contributed by atoms with van der Waals surface area (Å²) in [6, 6.07) is 7.53. The number of aliphatic hydroxyl groups excluding tert-OH is 1. The van der Waals surface area contributed by atoms with Gasteiger partial charge in [0.2, 0.25) is 0 Å². The monoisotopic (exact) mass is 247 g/mol. The minimum atomic E-state index is -0.177.